The summed E-state index contributed by atoms with van der Waals surface area (Å²) in [7, 11) is 1.69. The Hall–Kier alpha value is -1.14. The molecule has 4 nitrogen and oxygen atoms in total. The number of hydrogen-bond donors (Lipinski definition) is 0. The van der Waals surface area contributed by atoms with Crippen LogP contribution in [0.5, 0.6) is 0 Å². The second-order valence-electron chi connectivity index (χ2n) is 5.36. The lowest BCUT2D eigenvalue weighted by Gasteiger charge is -2.16. The minimum Gasteiger partial charge on any atom is -0.298 e. The number of carbonyl (C=O) groups excluding carboxylic acids is 1. The third-order valence-corrected chi connectivity index (χ3v) is 4.74. The summed E-state index contributed by atoms with van der Waals surface area (Å²) in [5, 5.41) is 2.45. The molecule has 0 aliphatic rings. The zero-order chi connectivity index (χ0) is 14.2. The molecule has 0 bridgehead atoms. The van der Waals surface area contributed by atoms with Gasteiger partial charge in [-0.2, -0.15) is 0 Å². The van der Waals surface area contributed by atoms with Crippen molar-refractivity contribution in [3.05, 3.63) is 21.8 Å². The topological polar surface area (TPSA) is 52.0 Å². The maximum atomic E-state index is 12.1. The molecule has 0 fully saturated rings. The number of hydrogen-bond acceptors (Lipinski definition) is 5. The summed E-state index contributed by atoms with van der Waals surface area (Å²) in [6, 6.07) is 1.83. The number of thioether (sulfide) groups is 1. The van der Waals surface area contributed by atoms with Gasteiger partial charge in [-0.3, -0.25) is 14.2 Å². The second kappa shape index (κ2) is 5.09. The highest BCUT2D eigenvalue weighted by molar-refractivity contribution is 7.99. The van der Waals surface area contributed by atoms with Crippen molar-refractivity contribution < 1.29 is 4.79 Å². The smallest absolute Gasteiger partial charge is 0.271 e. The highest BCUT2D eigenvalue weighted by Gasteiger charge is 2.22. The van der Waals surface area contributed by atoms with Gasteiger partial charge in [0.15, 0.2) is 5.16 Å². The minimum absolute atomic E-state index is 0.0503. The van der Waals surface area contributed by atoms with Crippen LogP contribution in [0.15, 0.2) is 21.4 Å². The Labute approximate surface area is 119 Å². The van der Waals surface area contributed by atoms with Crippen molar-refractivity contribution in [2.75, 3.05) is 5.75 Å². The molecule has 0 aromatic carbocycles. The van der Waals surface area contributed by atoms with Crippen molar-refractivity contribution in [2.45, 2.75) is 25.9 Å². The van der Waals surface area contributed by atoms with Gasteiger partial charge in [0.2, 0.25) is 0 Å². The number of aromatic nitrogens is 2. The van der Waals surface area contributed by atoms with Crippen molar-refractivity contribution >= 4 is 39.1 Å². The molecule has 6 heteroatoms. The Morgan fingerprint density at radius 1 is 1.47 bits per heavy atom. The van der Waals surface area contributed by atoms with E-state index in [1.807, 2.05) is 32.2 Å². The van der Waals surface area contributed by atoms with E-state index in [0.29, 0.717) is 21.1 Å². The van der Waals surface area contributed by atoms with Gasteiger partial charge in [-0.15, -0.1) is 11.3 Å². The molecule has 0 spiro atoms. The number of ketones is 1. The normalized spacial score (nSPS) is 12.0. The number of rotatable bonds is 3. The Bertz CT molecular complexity index is 680. The molecule has 0 atom stereocenters. The van der Waals surface area contributed by atoms with Gasteiger partial charge in [0, 0.05) is 12.5 Å². The predicted molar refractivity (Wildman–Crippen MR) is 80.0 cm³/mol. The number of fused-ring (bicyclic) bond motifs is 1. The van der Waals surface area contributed by atoms with Crippen LogP contribution in [0.3, 0.4) is 0 Å². The fourth-order valence-electron chi connectivity index (χ4n) is 1.44. The summed E-state index contributed by atoms with van der Waals surface area (Å²) in [6.45, 7) is 5.68. The quantitative estimate of drug-likeness (QED) is 0.645. The Morgan fingerprint density at radius 3 is 2.79 bits per heavy atom. The maximum Gasteiger partial charge on any atom is 0.271 e. The first-order valence-electron chi connectivity index (χ1n) is 5.91. The lowest BCUT2D eigenvalue weighted by molar-refractivity contribution is -0.123. The highest BCUT2D eigenvalue weighted by atomic mass is 32.2. The number of thiophene rings is 1. The molecule has 0 N–H and O–H groups in total. The molecule has 0 radical (unpaired) electrons. The van der Waals surface area contributed by atoms with Crippen LogP contribution >= 0.6 is 23.1 Å². The molecular weight excluding hydrogens is 280 g/mol. The molecule has 0 aliphatic carbocycles. The van der Waals surface area contributed by atoms with Crippen molar-refractivity contribution in [2.24, 2.45) is 12.5 Å². The van der Waals surface area contributed by atoms with E-state index < -0.39 is 0 Å². The lowest BCUT2D eigenvalue weighted by Crippen LogP contribution is -2.23. The third-order valence-electron chi connectivity index (χ3n) is 2.82. The Balaban J connectivity index is 2.29. The highest BCUT2D eigenvalue weighted by Crippen LogP contribution is 2.23. The molecule has 2 aromatic heterocycles. The van der Waals surface area contributed by atoms with Crippen LogP contribution in [-0.4, -0.2) is 21.1 Å². The average molecular weight is 296 g/mol. The van der Waals surface area contributed by atoms with Gasteiger partial charge >= 0.3 is 0 Å². The molecule has 2 rings (SSSR count). The predicted octanol–water partition coefficient (Wildman–Crippen LogP) is 2.70. The summed E-state index contributed by atoms with van der Waals surface area (Å²) in [5.74, 6) is 0.483. The molecular formula is C13H16N2O2S2. The van der Waals surface area contributed by atoms with E-state index in [1.165, 1.54) is 27.7 Å². The Kier molecular flexibility index (Phi) is 3.82. The van der Waals surface area contributed by atoms with E-state index >= 15 is 0 Å². The monoisotopic (exact) mass is 296 g/mol. The molecule has 0 saturated heterocycles. The van der Waals surface area contributed by atoms with Crippen LogP contribution < -0.4 is 5.56 Å². The molecule has 102 valence electrons. The fraction of sp³-hybridized carbons (Fsp3) is 0.462. The fourth-order valence-corrected chi connectivity index (χ4v) is 3.38. The molecule has 2 heterocycles. The zero-order valence-corrected chi connectivity index (χ0v) is 13.0. The van der Waals surface area contributed by atoms with Gasteiger partial charge in [-0.05, 0) is 11.4 Å². The summed E-state index contributed by atoms with van der Waals surface area (Å²) in [5.41, 5.74) is 0.294. The third kappa shape index (κ3) is 2.90. The van der Waals surface area contributed by atoms with Gasteiger partial charge in [-0.25, -0.2) is 4.98 Å². The maximum absolute atomic E-state index is 12.1. The van der Waals surface area contributed by atoms with Gasteiger partial charge in [0.25, 0.3) is 5.56 Å². The first-order chi connectivity index (χ1) is 8.80. The lowest BCUT2D eigenvalue weighted by atomic mass is 9.92. The number of Topliss-reactive ketones (excluding diaryl/α,β-unsaturated/α-hetero) is 1. The van der Waals surface area contributed by atoms with Gasteiger partial charge in [0.05, 0.1) is 11.3 Å². The van der Waals surface area contributed by atoms with Crippen molar-refractivity contribution in [3.8, 4) is 0 Å². The van der Waals surface area contributed by atoms with E-state index in [0.717, 1.165) is 0 Å². The van der Waals surface area contributed by atoms with Crippen LogP contribution in [0.25, 0.3) is 10.2 Å². The van der Waals surface area contributed by atoms with Gasteiger partial charge in [-0.1, -0.05) is 32.5 Å². The summed E-state index contributed by atoms with van der Waals surface area (Å²) < 4.78 is 2.17. The van der Waals surface area contributed by atoms with Crippen LogP contribution in [0.4, 0.5) is 0 Å². The van der Waals surface area contributed by atoms with Crippen molar-refractivity contribution in [1.29, 1.82) is 0 Å². The largest absolute Gasteiger partial charge is 0.298 e. The van der Waals surface area contributed by atoms with E-state index in [9.17, 15) is 9.59 Å². The molecule has 0 unspecified atom stereocenters. The standard InChI is InChI=1S/C13H16N2O2S2/c1-13(2,3)9(16)7-19-12-14-8-5-6-18-10(8)11(17)15(12)4/h5-6H,7H2,1-4H3. The minimum atomic E-state index is -0.363. The van der Waals surface area contributed by atoms with Crippen LogP contribution in [0.2, 0.25) is 0 Å². The van der Waals surface area contributed by atoms with Crippen LogP contribution in [0, 0.1) is 5.41 Å². The van der Waals surface area contributed by atoms with Crippen LogP contribution in [0.1, 0.15) is 20.8 Å². The van der Waals surface area contributed by atoms with E-state index in [2.05, 4.69) is 4.98 Å². The SMILES string of the molecule is Cn1c(SCC(=O)C(C)(C)C)nc2ccsc2c1=O. The molecule has 0 amide bonds. The second-order valence-corrected chi connectivity index (χ2v) is 7.21. The zero-order valence-electron chi connectivity index (χ0n) is 11.4. The molecule has 19 heavy (non-hydrogen) atoms. The van der Waals surface area contributed by atoms with Crippen molar-refractivity contribution in [3.63, 3.8) is 0 Å². The first-order valence-corrected chi connectivity index (χ1v) is 7.77. The summed E-state index contributed by atoms with van der Waals surface area (Å²) >= 11 is 2.71. The van der Waals surface area contributed by atoms with E-state index in [-0.39, 0.29) is 16.8 Å². The van der Waals surface area contributed by atoms with E-state index in [1.54, 1.807) is 7.05 Å². The summed E-state index contributed by atoms with van der Waals surface area (Å²) in [4.78, 5) is 28.4. The van der Waals surface area contributed by atoms with Crippen LogP contribution in [-0.2, 0) is 11.8 Å². The Morgan fingerprint density at radius 2 is 2.16 bits per heavy atom. The molecule has 2 aromatic rings. The van der Waals surface area contributed by atoms with E-state index in [4.69, 9.17) is 0 Å². The molecule has 0 aliphatic heterocycles. The first kappa shape index (κ1) is 14.3. The van der Waals surface area contributed by atoms with Gasteiger partial charge < -0.3 is 0 Å². The average Bonchev–Trinajstić information content (AvgIpc) is 2.78. The summed E-state index contributed by atoms with van der Waals surface area (Å²) in [6.07, 6.45) is 0. The number of nitrogens with zero attached hydrogens (tertiary/aromatic N) is 2. The van der Waals surface area contributed by atoms with Gasteiger partial charge in [0.1, 0.15) is 10.5 Å². The van der Waals surface area contributed by atoms with Crippen molar-refractivity contribution in [1.82, 2.24) is 9.55 Å². The number of carbonyl (C=O) groups is 1. The molecule has 0 saturated carbocycles.